The zero-order chi connectivity index (χ0) is 17.7. The van der Waals surface area contributed by atoms with Gasteiger partial charge in [0.05, 0.1) is 11.2 Å². The van der Waals surface area contributed by atoms with E-state index in [0.29, 0.717) is 29.4 Å². The number of methoxy groups -OCH3 is 1. The second-order valence-corrected chi connectivity index (χ2v) is 11.6. The van der Waals surface area contributed by atoms with Crippen molar-refractivity contribution in [2.45, 2.75) is 81.5 Å². The van der Waals surface area contributed by atoms with Crippen LogP contribution in [0.25, 0.3) is 0 Å². The summed E-state index contributed by atoms with van der Waals surface area (Å²) in [4.78, 5) is 11.2. The highest BCUT2D eigenvalue weighted by atomic mass is 32.2. The monoisotopic (exact) mass is 374 g/mol. The van der Waals surface area contributed by atoms with E-state index in [1.807, 2.05) is 11.8 Å². The Morgan fingerprint density at radius 3 is 2.71 bits per heavy atom. The Morgan fingerprint density at radius 1 is 1.29 bits per heavy atom. The van der Waals surface area contributed by atoms with Crippen molar-refractivity contribution in [3.63, 3.8) is 0 Å². The zero-order valence-corrected chi connectivity index (χ0v) is 17.3. The second kappa shape index (κ2) is 9.07. The van der Waals surface area contributed by atoms with E-state index in [4.69, 9.17) is 4.74 Å². The smallest absolute Gasteiger partial charge is 0.305 e. The highest BCUT2D eigenvalue weighted by Gasteiger charge is 2.52. The lowest BCUT2D eigenvalue weighted by molar-refractivity contribution is -0.140. The van der Waals surface area contributed by atoms with Gasteiger partial charge >= 0.3 is 5.97 Å². The molecule has 2 aliphatic rings. The molecule has 0 aromatic heterocycles. The molecule has 1 aliphatic heterocycles. The zero-order valence-electron chi connectivity index (χ0n) is 15.7. The van der Waals surface area contributed by atoms with Gasteiger partial charge in [0, 0.05) is 22.5 Å². The summed E-state index contributed by atoms with van der Waals surface area (Å²) in [5, 5.41) is 0.315. The summed E-state index contributed by atoms with van der Waals surface area (Å²) in [6.07, 6.45) is 8.01. The number of hydrogen-bond donors (Lipinski definition) is 0. The summed E-state index contributed by atoms with van der Waals surface area (Å²) in [6, 6.07) is 0. The van der Waals surface area contributed by atoms with Crippen LogP contribution in [-0.4, -0.2) is 32.4 Å². The van der Waals surface area contributed by atoms with Crippen LogP contribution in [0, 0.1) is 17.8 Å². The predicted octanol–water partition coefficient (Wildman–Crippen LogP) is 4.76. The van der Waals surface area contributed by atoms with Gasteiger partial charge in [-0.25, -0.2) is 0 Å². The number of thioether (sulfide) groups is 1. The first-order valence-corrected chi connectivity index (χ1v) is 11.7. The average Bonchev–Trinajstić information content (AvgIpc) is 2.54. The van der Waals surface area contributed by atoms with Crippen LogP contribution in [0.2, 0.25) is 0 Å². The van der Waals surface area contributed by atoms with Crippen LogP contribution in [0.4, 0.5) is 0 Å². The maximum Gasteiger partial charge on any atom is 0.305 e. The fraction of sp³-hybridized carbons (Fsp3) is 0.947. The topological polar surface area (TPSA) is 43.4 Å². The third kappa shape index (κ3) is 4.57. The molecule has 0 aromatic rings. The van der Waals surface area contributed by atoms with E-state index in [0.717, 1.165) is 37.9 Å². The van der Waals surface area contributed by atoms with Crippen LogP contribution < -0.4 is 0 Å². The van der Waals surface area contributed by atoms with Gasteiger partial charge in [0.25, 0.3) is 0 Å². The molecule has 1 aliphatic carbocycles. The maximum absolute atomic E-state index is 13.5. The standard InChI is InChI=1S/C19H34O3S2/c1-14(2)17-10-9-15(3)13-19(17)23-12-11-16(24(19)21)7-5-6-8-18(20)22-4/h14-17H,5-13H2,1-4H3. The van der Waals surface area contributed by atoms with Gasteiger partial charge in [-0.1, -0.05) is 33.6 Å². The molecular weight excluding hydrogens is 340 g/mol. The molecule has 1 spiro atoms. The molecular formula is C19H34O3S2. The van der Waals surface area contributed by atoms with Crippen molar-refractivity contribution in [2.75, 3.05) is 12.9 Å². The highest BCUT2D eigenvalue weighted by molar-refractivity contribution is 8.13. The summed E-state index contributed by atoms with van der Waals surface area (Å²) in [5.74, 6) is 2.88. The first-order chi connectivity index (χ1) is 11.4. The minimum absolute atomic E-state index is 0.0168. The molecule has 2 fully saturated rings. The van der Waals surface area contributed by atoms with Crippen molar-refractivity contribution >= 4 is 28.5 Å². The lowest BCUT2D eigenvalue weighted by Crippen LogP contribution is -2.51. The van der Waals surface area contributed by atoms with Gasteiger partial charge in [0.15, 0.2) is 0 Å². The van der Waals surface area contributed by atoms with Crippen molar-refractivity contribution in [2.24, 2.45) is 17.8 Å². The average molecular weight is 375 g/mol. The minimum atomic E-state index is -0.764. The summed E-state index contributed by atoms with van der Waals surface area (Å²) in [7, 11) is 0.677. The predicted molar refractivity (Wildman–Crippen MR) is 104 cm³/mol. The maximum atomic E-state index is 13.5. The fourth-order valence-electron chi connectivity index (χ4n) is 4.47. The Kier molecular flexibility index (Phi) is 7.66. The van der Waals surface area contributed by atoms with E-state index in [1.165, 1.54) is 20.0 Å². The minimum Gasteiger partial charge on any atom is -0.469 e. The summed E-state index contributed by atoms with van der Waals surface area (Å²) >= 11 is 2.01. The van der Waals surface area contributed by atoms with Crippen molar-refractivity contribution in [3.05, 3.63) is 0 Å². The van der Waals surface area contributed by atoms with Crippen molar-refractivity contribution in [3.8, 4) is 0 Å². The first kappa shape index (κ1) is 20.3. The van der Waals surface area contributed by atoms with Crippen LogP contribution >= 0.6 is 11.8 Å². The molecule has 0 radical (unpaired) electrons. The van der Waals surface area contributed by atoms with Gasteiger partial charge in [-0.2, -0.15) is 0 Å². The molecule has 24 heavy (non-hydrogen) atoms. The molecule has 5 heteroatoms. The van der Waals surface area contributed by atoms with Crippen molar-refractivity contribution < 1.29 is 13.7 Å². The first-order valence-electron chi connectivity index (χ1n) is 9.52. The Bertz CT molecular complexity index is 452. The van der Waals surface area contributed by atoms with Crippen LogP contribution in [0.3, 0.4) is 0 Å². The SMILES string of the molecule is COC(=O)CCCCC1CCSC2(CC(C)CCC2C(C)C)S1=O. The third-order valence-electron chi connectivity index (χ3n) is 5.79. The van der Waals surface area contributed by atoms with Crippen LogP contribution in [0.1, 0.15) is 72.1 Å². The number of ether oxygens (including phenoxy) is 1. The van der Waals surface area contributed by atoms with E-state index >= 15 is 0 Å². The fourth-order valence-corrected chi connectivity index (χ4v) is 9.91. The van der Waals surface area contributed by atoms with E-state index in [1.54, 1.807) is 0 Å². The second-order valence-electron chi connectivity index (χ2n) is 7.93. The molecule has 3 nitrogen and oxygen atoms in total. The number of carbonyl (C=O) groups excluding carboxylic acids is 1. The molecule has 0 N–H and O–H groups in total. The lowest BCUT2D eigenvalue weighted by Gasteiger charge is -2.50. The number of hydrogen-bond acceptors (Lipinski definition) is 4. The number of carbonyl (C=O) groups is 1. The summed E-state index contributed by atoms with van der Waals surface area (Å²) < 4.78 is 18.2. The van der Waals surface area contributed by atoms with Crippen molar-refractivity contribution in [1.29, 1.82) is 0 Å². The number of unbranched alkanes of at least 4 members (excludes halogenated alkanes) is 1. The molecule has 0 amide bonds. The van der Waals surface area contributed by atoms with Gasteiger partial charge in [0.1, 0.15) is 0 Å². The van der Waals surface area contributed by atoms with E-state index in [-0.39, 0.29) is 10.0 Å². The van der Waals surface area contributed by atoms with E-state index < -0.39 is 10.8 Å². The molecule has 0 aromatic carbocycles. The van der Waals surface area contributed by atoms with Gasteiger partial charge in [-0.3, -0.25) is 9.00 Å². The Morgan fingerprint density at radius 2 is 2.04 bits per heavy atom. The Balaban J connectivity index is 2.00. The normalized spacial score (nSPS) is 36.9. The number of rotatable bonds is 6. The lowest BCUT2D eigenvalue weighted by atomic mass is 9.76. The molecule has 1 heterocycles. The van der Waals surface area contributed by atoms with E-state index in [9.17, 15) is 9.00 Å². The number of esters is 1. The van der Waals surface area contributed by atoms with Gasteiger partial charge in [0.2, 0.25) is 0 Å². The largest absolute Gasteiger partial charge is 0.469 e. The summed E-state index contributed by atoms with van der Waals surface area (Å²) in [6.45, 7) is 6.94. The molecule has 5 unspecified atom stereocenters. The van der Waals surface area contributed by atoms with Gasteiger partial charge in [-0.05, 0) is 55.6 Å². The van der Waals surface area contributed by atoms with Crippen molar-refractivity contribution in [1.82, 2.24) is 0 Å². The quantitative estimate of drug-likeness (QED) is 0.496. The van der Waals surface area contributed by atoms with Crippen LogP contribution in [0.15, 0.2) is 0 Å². The van der Waals surface area contributed by atoms with Gasteiger partial charge < -0.3 is 4.74 Å². The third-order valence-corrected chi connectivity index (χ3v) is 10.3. The molecule has 0 bridgehead atoms. The molecule has 1 saturated heterocycles. The Hall–Kier alpha value is -0.0300. The molecule has 2 rings (SSSR count). The molecule has 5 atom stereocenters. The molecule has 1 saturated carbocycles. The Labute approximate surface area is 154 Å². The highest BCUT2D eigenvalue weighted by Crippen LogP contribution is 2.55. The van der Waals surface area contributed by atoms with Crippen LogP contribution in [0.5, 0.6) is 0 Å². The summed E-state index contributed by atoms with van der Waals surface area (Å²) in [5.41, 5.74) is 0. The molecule has 140 valence electrons. The van der Waals surface area contributed by atoms with E-state index in [2.05, 4.69) is 20.8 Å². The van der Waals surface area contributed by atoms with Gasteiger partial charge in [-0.15, -0.1) is 11.8 Å². The van der Waals surface area contributed by atoms with Crippen LogP contribution in [-0.2, 0) is 20.3 Å².